The lowest BCUT2D eigenvalue weighted by Gasteiger charge is -2.08. The van der Waals surface area contributed by atoms with Gasteiger partial charge >= 0.3 is 5.97 Å². The molecule has 6 nitrogen and oxygen atoms in total. The lowest BCUT2D eigenvalue weighted by atomic mass is 10.2. The second-order valence-electron chi connectivity index (χ2n) is 3.81. The van der Waals surface area contributed by atoms with Gasteiger partial charge < -0.3 is 20.1 Å². The Hall–Kier alpha value is -2.50. The molecule has 3 N–H and O–H groups in total. The van der Waals surface area contributed by atoms with Gasteiger partial charge in [0, 0.05) is 17.8 Å². The first-order chi connectivity index (χ1) is 8.51. The van der Waals surface area contributed by atoms with Gasteiger partial charge in [-0.2, -0.15) is 0 Å². The van der Waals surface area contributed by atoms with Gasteiger partial charge in [0.1, 0.15) is 11.4 Å². The lowest BCUT2D eigenvalue weighted by molar-refractivity contribution is -0.114. The molecule has 0 saturated carbocycles. The number of methoxy groups -OCH3 is 1. The summed E-state index contributed by atoms with van der Waals surface area (Å²) in [6, 6.07) is 4.82. The van der Waals surface area contributed by atoms with Crippen LogP contribution in [0.4, 0.5) is 5.69 Å². The van der Waals surface area contributed by atoms with Crippen LogP contribution in [0.25, 0.3) is 10.9 Å². The smallest absolute Gasteiger partial charge is 0.352 e. The maximum atomic E-state index is 11.1. The number of ether oxygens (including phenoxy) is 1. The number of nitrogens with one attached hydrogen (secondary N) is 2. The second-order valence-corrected chi connectivity index (χ2v) is 3.81. The number of fused-ring (bicyclic) bond motifs is 1. The van der Waals surface area contributed by atoms with Crippen molar-refractivity contribution in [1.82, 2.24) is 4.98 Å². The highest BCUT2D eigenvalue weighted by Crippen LogP contribution is 2.30. The van der Waals surface area contributed by atoms with Crippen molar-refractivity contribution in [3.05, 3.63) is 23.9 Å². The van der Waals surface area contributed by atoms with Gasteiger partial charge in [-0.25, -0.2) is 4.79 Å². The number of carboxylic acids is 1. The highest BCUT2D eigenvalue weighted by atomic mass is 16.5. The molecule has 6 heteroatoms. The van der Waals surface area contributed by atoms with Crippen LogP contribution in [0.1, 0.15) is 17.4 Å². The van der Waals surface area contributed by atoms with Gasteiger partial charge in [-0.15, -0.1) is 0 Å². The van der Waals surface area contributed by atoms with Crippen molar-refractivity contribution >= 4 is 28.5 Å². The van der Waals surface area contributed by atoms with Gasteiger partial charge in [0.15, 0.2) is 0 Å². The molecule has 2 aromatic rings. The van der Waals surface area contributed by atoms with Crippen LogP contribution < -0.4 is 10.1 Å². The minimum Gasteiger partial charge on any atom is -0.495 e. The van der Waals surface area contributed by atoms with E-state index in [0.717, 1.165) is 0 Å². The molecule has 0 saturated heterocycles. The maximum Gasteiger partial charge on any atom is 0.352 e. The number of anilines is 1. The van der Waals surface area contributed by atoms with Crippen LogP contribution in [0.2, 0.25) is 0 Å². The average molecular weight is 248 g/mol. The van der Waals surface area contributed by atoms with Gasteiger partial charge in [-0.1, -0.05) is 0 Å². The van der Waals surface area contributed by atoms with Crippen molar-refractivity contribution < 1.29 is 19.4 Å². The van der Waals surface area contributed by atoms with Crippen LogP contribution in [-0.4, -0.2) is 29.1 Å². The Kier molecular flexibility index (Phi) is 2.93. The predicted molar refractivity (Wildman–Crippen MR) is 66.1 cm³/mol. The van der Waals surface area contributed by atoms with Crippen molar-refractivity contribution in [3.8, 4) is 5.75 Å². The van der Waals surface area contributed by atoms with Crippen molar-refractivity contribution in [3.63, 3.8) is 0 Å². The Bertz CT molecular complexity index is 630. The largest absolute Gasteiger partial charge is 0.495 e. The van der Waals surface area contributed by atoms with E-state index in [0.29, 0.717) is 22.3 Å². The first-order valence-electron chi connectivity index (χ1n) is 5.23. The fraction of sp³-hybridized carbons (Fsp3) is 0.167. The predicted octanol–water partition coefficient (Wildman–Crippen LogP) is 1.83. The second kappa shape index (κ2) is 4.40. The summed E-state index contributed by atoms with van der Waals surface area (Å²) < 4.78 is 5.15. The molecule has 0 atom stereocenters. The van der Waals surface area contributed by atoms with Crippen LogP contribution >= 0.6 is 0 Å². The number of aromatic amines is 1. The summed E-state index contributed by atoms with van der Waals surface area (Å²) in [5.74, 6) is -0.780. The van der Waals surface area contributed by atoms with E-state index in [1.54, 1.807) is 12.1 Å². The molecule has 0 radical (unpaired) electrons. The van der Waals surface area contributed by atoms with Crippen molar-refractivity contribution in [2.24, 2.45) is 0 Å². The molecule has 18 heavy (non-hydrogen) atoms. The standard InChI is InChI=1S/C12H12N2O4/c1-6(15)13-9-5-8-7(4-11(9)18-2)3-10(14-8)12(16)17/h3-5,14H,1-2H3,(H,13,15)(H,16,17). The molecule has 0 unspecified atom stereocenters. The van der Waals surface area contributed by atoms with Crippen LogP contribution in [0.15, 0.2) is 18.2 Å². The number of hydrogen-bond acceptors (Lipinski definition) is 3. The molecule has 1 aromatic carbocycles. The average Bonchev–Trinajstić information content (AvgIpc) is 2.70. The molecule has 0 spiro atoms. The number of aromatic carboxylic acids is 1. The van der Waals surface area contributed by atoms with Gasteiger partial charge in [0.25, 0.3) is 0 Å². The Balaban J connectivity index is 2.57. The molecule has 1 aromatic heterocycles. The van der Waals surface area contributed by atoms with Crippen molar-refractivity contribution in [1.29, 1.82) is 0 Å². The molecule has 0 aliphatic rings. The minimum atomic E-state index is -1.04. The molecule has 1 amide bonds. The number of amides is 1. The number of carbonyl (C=O) groups is 2. The van der Waals surface area contributed by atoms with Gasteiger partial charge in [0.2, 0.25) is 5.91 Å². The number of carboxylic acid groups (broad SMARTS) is 1. The quantitative estimate of drug-likeness (QED) is 0.772. The van der Waals surface area contributed by atoms with E-state index in [-0.39, 0.29) is 11.6 Å². The van der Waals surface area contributed by atoms with E-state index in [1.165, 1.54) is 20.1 Å². The molecular formula is C12H12N2O4. The van der Waals surface area contributed by atoms with Gasteiger partial charge in [-0.3, -0.25) is 4.79 Å². The normalized spacial score (nSPS) is 10.3. The Morgan fingerprint density at radius 1 is 1.33 bits per heavy atom. The Morgan fingerprint density at radius 3 is 2.61 bits per heavy atom. The maximum absolute atomic E-state index is 11.1. The molecule has 0 aliphatic carbocycles. The summed E-state index contributed by atoms with van der Waals surface area (Å²) >= 11 is 0. The Morgan fingerprint density at radius 2 is 2.06 bits per heavy atom. The summed E-state index contributed by atoms with van der Waals surface area (Å²) in [6.07, 6.45) is 0. The van der Waals surface area contributed by atoms with Crippen molar-refractivity contribution in [2.45, 2.75) is 6.92 Å². The van der Waals surface area contributed by atoms with Crippen LogP contribution in [0.5, 0.6) is 5.75 Å². The molecular weight excluding hydrogens is 236 g/mol. The summed E-state index contributed by atoms with van der Waals surface area (Å²) in [5, 5.41) is 12.2. The number of H-pyrrole nitrogens is 1. The van der Waals surface area contributed by atoms with Crippen LogP contribution in [0, 0.1) is 0 Å². The molecule has 1 heterocycles. The molecule has 2 rings (SSSR count). The number of carbonyl (C=O) groups excluding carboxylic acids is 1. The molecule has 94 valence electrons. The van der Waals surface area contributed by atoms with E-state index >= 15 is 0 Å². The minimum absolute atomic E-state index is 0.0898. The third kappa shape index (κ3) is 2.13. The summed E-state index contributed by atoms with van der Waals surface area (Å²) in [6.45, 7) is 1.39. The summed E-state index contributed by atoms with van der Waals surface area (Å²) in [7, 11) is 1.48. The number of benzene rings is 1. The number of hydrogen-bond donors (Lipinski definition) is 3. The third-order valence-corrected chi connectivity index (χ3v) is 2.48. The monoisotopic (exact) mass is 248 g/mol. The third-order valence-electron chi connectivity index (χ3n) is 2.48. The lowest BCUT2D eigenvalue weighted by Crippen LogP contribution is -2.07. The molecule has 0 aliphatic heterocycles. The first-order valence-corrected chi connectivity index (χ1v) is 5.23. The van der Waals surface area contributed by atoms with Gasteiger partial charge in [-0.05, 0) is 18.2 Å². The highest BCUT2D eigenvalue weighted by molar-refractivity contribution is 5.98. The fourth-order valence-corrected chi connectivity index (χ4v) is 1.73. The van der Waals surface area contributed by atoms with Crippen molar-refractivity contribution in [2.75, 3.05) is 12.4 Å². The van der Waals surface area contributed by atoms with Crippen LogP contribution in [0.3, 0.4) is 0 Å². The summed E-state index contributed by atoms with van der Waals surface area (Å²) in [4.78, 5) is 24.7. The SMILES string of the molecule is COc1cc2cc(C(=O)O)[nH]c2cc1NC(C)=O. The topological polar surface area (TPSA) is 91.4 Å². The van der Waals surface area contributed by atoms with E-state index in [1.807, 2.05) is 0 Å². The fourth-order valence-electron chi connectivity index (χ4n) is 1.73. The molecule has 0 fully saturated rings. The summed E-state index contributed by atoms with van der Waals surface area (Å²) in [5.41, 5.74) is 1.21. The first kappa shape index (κ1) is 12.0. The number of rotatable bonds is 3. The molecule has 0 bridgehead atoms. The zero-order valence-corrected chi connectivity index (χ0v) is 9.90. The van der Waals surface area contributed by atoms with Gasteiger partial charge in [0.05, 0.1) is 12.8 Å². The van der Waals surface area contributed by atoms with E-state index < -0.39 is 5.97 Å². The Labute approximate surface area is 103 Å². The van der Waals surface area contributed by atoms with Crippen LogP contribution in [-0.2, 0) is 4.79 Å². The van der Waals surface area contributed by atoms with E-state index in [4.69, 9.17) is 9.84 Å². The zero-order valence-electron chi connectivity index (χ0n) is 9.90. The van der Waals surface area contributed by atoms with E-state index in [2.05, 4.69) is 10.3 Å². The zero-order chi connectivity index (χ0) is 13.3. The highest BCUT2D eigenvalue weighted by Gasteiger charge is 2.12. The van der Waals surface area contributed by atoms with E-state index in [9.17, 15) is 9.59 Å². The number of aromatic nitrogens is 1.